The van der Waals surface area contributed by atoms with E-state index in [1.54, 1.807) is 6.20 Å². The lowest BCUT2D eigenvalue weighted by molar-refractivity contribution is 0.0946. The number of hydrogen-bond acceptors (Lipinski definition) is 2. The Morgan fingerprint density at radius 1 is 1.50 bits per heavy atom. The highest BCUT2D eigenvalue weighted by Crippen LogP contribution is 2.24. The van der Waals surface area contributed by atoms with Crippen molar-refractivity contribution in [2.75, 3.05) is 0 Å². The number of nitrogens with one attached hydrogen (secondary N) is 1. The molecule has 1 aliphatic rings. The van der Waals surface area contributed by atoms with Crippen LogP contribution in [-0.4, -0.2) is 16.6 Å². The Morgan fingerprint density at radius 2 is 2.29 bits per heavy atom. The zero-order valence-electron chi connectivity index (χ0n) is 8.22. The molecule has 0 saturated carbocycles. The summed E-state index contributed by atoms with van der Waals surface area (Å²) in [6.07, 6.45) is 4.50. The molecule has 14 heavy (non-hydrogen) atoms. The number of ketones is 2. The molecule has 1 N–H and O–H groups in total. The molecule has 2 rings (SSSR count). The summed E-state index contributed by atoms with van der Waals surface area (Å²) in [5.74, 6) is 0.169. The first-order valence-electron chi connectivity index (χ1n) is 5.00. The van der Waals surface area contributed by atoms with Crippen LogP contribution >= 0.6 is 0 Å². The van der Waals surface area contributed by atoms with Gasteiger partial charge in [0.15, 0.2) is 11.6 Å². The lowest BCUT2D eigenvalue weighted by Crippen LogP contribution is -2.13. The van der Waals surface area contributed by atoms with Gasteiger partial charge in [-0.25, -0.2) is 0 Å². The van der Waals surface area contributed by atoms with E-state index < -0.39 is 0 Å². The molecule has 0 unspecified atom stereocenters. The van der Waals surface area contributed by atoms with Gasteiger partial charge in [-0.2, -0.15) is 0 Å². The minimum Gasteiger partial charge on any atom is -0.364 e. The Kier molecular flexibility index (Phi) is 2.23. The van der Waals surface area contributed by atoms with Crippen molar-refractivity contribution in [1.29, 1.82) is 0 Å². The number of Topliss-reactive ketones (excluding diaryl/α,β-unsaturated/α-hetero) is 2. The second-order valence-corrected chi connectivity index (χ2v) is 3.61. The SMILES string of the molecule is CCC(=O)c1c[nH]c2c1C(=O)CCC2. The Labute approximate surface area is 82.5 Å². The molecule has 1 aliphatic carbocycles. The van der Waals surface area contributed by atoms with Gasteiger partial charge in [0.05, 0.1) is 0 Å². The summed E-state index contributed by atoms with van der Waals surface area (Å²) in [5.41, 5.74) is 2.19. The van der Waals surface area contributed by atoms with Crippen LogP contribution in [0, 0.1) is 0 Å². The third kappa shape index (κ3) is 1.29. The van der Waals surface area contributed by atoms with Crippen LogP contribution in [0.3, 0.4) is 0 Å². The first-order valence-corrected chi connectivity index (χ1v) is 5.00. The highest BCUT2D eigenvalue weighted by molar-refractivity contribution is 6.10. The monoisotopic (exact) mass is 191 g/mol. The summed E-state index contributed by atoms with van der Waals surface area (Å²) in [6.45, 7) is 1.81. The van der Waals surface area contributed by atoms with E-state index in [1.165, 1.54) is 0 Å². The first kappa shape index (κ1) is 9.19. The highest BCUT2D eigenvalue weighted by atomic mass is 16.1. The van der Waals surface area contributed by atoms with Gasteiger partial charge in [0.1, 0.15) is 0 Å². The molecule has 0 radical (unpaired) electrons. The van der Waals surface area contributed by atoms with Crippen LogP contribution in [0.5, 0.6) is 0 Å². The molecule has 1 heterocycles. The number of carbonyl (C=O) groups is 2. The molecule has 0 amide bonds. The van der Waals surface area contributed by atoms with Crippen molar-refractivity contribution in [2.45, 2.75) is 32.6 Å². The third-order valence-electron chi connectivity index (χ3n) is 2.69. The van der Waals surface area contributed by atoms with Gasteiger partial charge in [-0.1, -0.05) is 6.92 Å². The van der Waals surface area contributed by atoms with Crippen molar-refractivity contribution in [3.8, 4) is 0 Å². The molecule has 3 heteroatoms. The standard InChI is InChI=1S/C11H13NO2/c1-2-9(13)7-6-12-8-4-3-5-10(14)11(7)8/h6,12H,2-5H2,1H3. The second kappa shape index (κ2) is 3.40. The average Bonchev–Trinajstić information content (AvgIpc) is 2.62. The minimum absolute atomic E-state index is 0.0535. The van der Waals surface area contributed by atoms with Gasteiger partial charge in [-0.05, 0) is 12.8 Å². The Hall–Kier alpha value is -1.38. The van der Waals surface area contributed by atoms with Crippen LogP contribution in [0.25, 0.3) is 0 Å². The second-order valence-electron chi connectivity index (χ2n) is 3.61. The van der Waals surface area contributed by atoms with Crippen molar-refractivity contribution in [3.05, 3.63) is 23.0 Å². The van der Waals surface area contributed by atoms with Gasteiger partial charge in [-0.3, -0.25) is 9.59 Å². The van der Waals surface area contributed by atoms with Crippen LogP contribution in [0.4, 0.5) is 0 Å². The highest BCUT2D eigenvalue weighted by Gasteiger charge is 2.24. The Bertz CT molecular complexity index is 390. The summed E-state index contributed by atoms with van der Waals surface area (Å²) in [7, 11) is 0. The van der Waals surface area contributed by atoms with E-state index in [0.29, 0.717) is 24.0 Å². The van der Waals surface area contributed by atoms with E-state index in [4.69, 9.17) is 0 Å². The van der Waals surface area contributed by atoms with Crippen molar-refractivity contribution in [3.63, 3.8) is 0 Å². The van der Waals surface area contributed by atoms with Gasteiger partial charge in [0.2, 0.25) is 0 Å². The number of fused-ring (bicyclic) bond motifs is 1. The lowest BCUT2D eigenvalue weighted by Gasteiger charge is -2.10. The van der Waals surface area contributed by atoms with Gasteiger partial charge in [0.25, 0.3) is 0 Å². The first-order chi connectivity index (χ1) is 6.74. The molecule has 3 nitrogen and oxygen atoms in total. The molecule has 0 fully saturated rings. The number of hydrogen-bond donors (Lipinski definition) is 1. The summed E-state index contributed by atoms with van der Waals surface area (Å²) in [6, 6.07) is 0. The van der Waals surface area contributed by atoms with Crippen molar-refractivity contribution in [2.24, 2.45) is 0 Å². The summed E-state index contributed by atoms with van der Waals surface area (Å²) < 4.78 is 0. The van der Waals surface area contributed by atoms with Gasteiger partial charge < -0.3 is 4.98 Å². The molecule has 0 spiro atoms. The van der Waals surface area contributed by atoms with Gasteiger partial charge in [0, 0.05) is 35.9 Å². The Morgan fingerprint density at radius 3 is 3.00 bits per heavy atom. The smallest absolute Gasteiger partial charge is 0.165 e. The van der Waals surface area contributed by atoms with Crippen LogP contribution in [0.1, 0.15) is 52.6 Å². The fourth-order valence-corrected chi connectivity index (χ4v) is 1.94. The van der Waals surface area contributed by atoms with Crippen molar-refractivity contribution in [1.82, 2.24) is 4.98 Å². The number of carbonyl (C=O) groups excluding carboxylic acids is 2. The maximum Gasteiger partial charge on any atom is 0.165 e. The molecule has 0 aromatic carbocycles. The topological polar surface area (TPSA) is 49.9 Å². The number of aryl methyl sites for hydroxylation is 1. The van der Waals surface area contributed by atoms with Crippen LogP contribution in [0.15, 0.2) is 6.20 Å². The molecule has 1 aromatic heterocycles. The van der Waals surface area contributed by atoms with Crippen LogP contribution in [-0.2, 0) is 6.42 Å². The predicted octanol–water partition coefficient (Wildman–Crippen LogP) is 2.13. The Balaban J connectivity index is 2.48. The normalized spacial score (nSPS) is 15.4. The molecule has 0 saturated heterocycles. The van der Waals surface area contributed by atoms with E-state index in [9.17, 15) is 9.59 Å². The van der Waals surface area contributed by atoms with E-state index in [1.807, 2.05) is 6.92 Å². The maximum absolute atomic E-state index is 11.6. The van der Waals surface area contributed by atoms with Gasteiger partial charge >= 0.3 is 0 Å². The number of aromatic nitrogens is 1. The van der Waals surface area contributed by atoms with E-state index in [-0.39, 0.29) is 11.6 Å². The largest absolute Gasteiger partial charge is 0.364 e. The fourth-order valence-electron chi connectivity index (χ4n) is 1.94. The van der Waals surface area contributed by atoms with E-state index in [2.05, 4.69) is 4.98 Å². The fraction of sp³-hybridized carbons (Fsp3) is 0.455. The van der Waals surface area contributed by atoms with E-state index >= 15 is 0 Å². The summed E-state index contributed by atoms with van der Waals surface area (Å²) >= 11 is 0. The van der Waals surface area contributed by atoms with Crippen LogP contribution in [0.2, 0.25) is 0 Å². The molecule has 74 valence electrons. The quantitative estimate of drug-likeness (QED) is 0.728. The third-order valence-corrected chi connectivity index (χ3v) is 2.69. The zero-order valence-corrected chi connectivity index (χ0v) is 8.22. The predicted molar refractivity (Wildman–Crippen MR) is 52.7 cm³/mol. The van der Waals surface area contributed by atoms with Crippen molar-refractivity contribution < 1.29 is 9.59 Å². The molecule has 1 aromatic rings. The zero-order chi connectivity index (χ0) is 10.1. The van der Waals surface area contributed by atoms with E-state index in [0.717, 1.165) is 18.5 Å². The van der Waals surface area contributed by atoms with Gasteiger partial charge in [-0.15, -0.1) is 0 Å². The maximum atomic E-state index is 11.6. The number of aromatic amines is 1. The average molecular weight is 191 g/mol. The lowest BCUT2D eigenvalue weighted by atomic mass is 9.92. The molecule has 0 bridgehead atoms. The minimum atomic E-state index is 0.0535. The van der Waals surface area contributed by atoms with Crippen molar-refractivity contribution >= 4 is 11.6 Å². The van der Waals surface area contributed by atoms with Crippen LogP contribution < -0.4 is 0 Å². The number of rotatable bonds is 2. The summed E-state index contributed by atoms with van der Waals surface area (Å²) in [5, 5.41) is 0. The molecular weight excluding hydrogens is 178 g/mol. The number of H-pyrrole nitrogens is 1. The molecular formula is C11H13NO2. The summed E-state index contributed by atoms with van der Waals surface area (Å²) in [4.78, 5) is 26.2. The molecule has 0 atom stereocenters. The molecule has 0 aliphatic heterocycles.